The molecule has 0 spiro atoms. The number of nitrogens with one attached hydrogen (secondary N) is 2. The highest BCUT2D eigenvalue weighted by Crippen LogP contribution is 2.30. The Hall–Kier alpha value is -0.890. The van der Waals surface area contributed by atoms with E-state index in [1.807, 2.05) is 7.05 Å². The molecule has 27 heavy (non-hydrogen) atoms. The summed E-state index contributed by atoms with van der Waals surface area (Å²) >= 11 is 0. The van der Waals surface area contributed by atoms with Crippen molar-refractivity contribution in [2.45, 2.75) is 56.6 Å². The van der Waals surface area contributed by atoms with Gasteiger partial charge in [-0.1, -0.05) is 0 Å². The van der Waals surface area contributed by atoms with Crippen LogP contribution in [0.15, 0.2) is 4.99 Å². The first-order valence-electron chi connectivity index (χ1n) is 10.8. The third kappa shape index (κ3) is 6.31. The zero-order valence-electron chi connectivity index (χ0n) is 17.0. The third-order valence-corrected chi connectivity index (χ3v) is 6.09. The van der Waals surface area contributed by atoms with Crippen LogP contribution >= 0.6 is 0 Å². The number of nitrogens with zero attached hydrogens (tertiary/aromatic N) is 2. The maximum atomic E-state index is 5.73. The van der Waals surface area contributed by atoms with Crippen molar-refractivity contribution in [3.8, 4) is 0 Å². The molecule has 3 saturated heterocycles. The fourth-order valence-electron chi connectivity index (χ4n) is 4.39. The van der Waals surface area contributed by atoms with Gasteiger partial charge in [-0.2, -0.15) is 0 Å². The van der Waals surface area contributed by atoms with Crippen LogP contribution in [-0.4, -0.2) is 88.8 Å². The highest BCUT2D eigenvalue weighted by molar-refractivity contribution is 5.79. The molecule has 0 aromatic rings. The summed E-state index contributed by atoms with van der Waals surface area (Å²) in [4.78, 5) is 7.07. The standard InChI is InChI=1S/C20H38N4O3/c1-21-19(22-9-5-12-26-16-18-6-4-13-27-18)23-17-20(7-14-25-15-8-20)24-10-2-3-11-24/h18H,2-17H2,1H3,(H2,21,22,23). The number of hydrogen-bond acceptors (Lipinski definition) is 5. The molecule has 3 heterocycles. The maximum Gasteiger partial charge on any atom is 0.191 e. The molecule has 0 saturated carbocycles. The molecular weight excluding hydrogens is 344 g/mol. The molecule has 1 atom stereocenters. The minimum Gasteiger partial charge on any atom is -0.381 e. The van der Waals surface area contributed by atoms with E-state index in [1.165, 1.54) is 32.4 Å². The number of likely N-dealkylation sites (tertiary alicyclic amines) is 1. The topological polar surface area (TPSA) is 67.4 Å². The second kappa shape index (κ2) is 11.2. The number of aliphatic imine (C=N–C) groups is 1. The first kappa shape index (κ1) is 20.8. The highest BCUT2D eigenvalue weighted by atomic mass is 16.5. The molecule has 3 aliphatic heterocycles. The molecule has 3 fully saturated rings. The van der Waals surface area contributed by atoms with Gasteiger partial charge in [-0.05, 0) is 58.0 Å². The van der Waals surface area contributed by atoms with Crippen LogP contribution in [0.5, 0.6) is 0 Å². The van der Waals surface area contributed by atoms with Gasteiger partial charge in [0.1, 0.15) is 0 Å². The third-order valence-electron chi connectivity index (χ3n) is 6.09. The Kier molecular flexibility index (Phi) is 8.64. The second-order valence-electron chi connectivity index (χ2n) is 7.95. The van der Waals surface area contributed by atoms with Crippen LogP contribution in [0.4, 0.5) is 0 Å². The van der Waals surface area contributed by atoms with E-state index in [-0.39, 0.29) is 5.54 Å². The van der Waals surface area contributed by atoms with Crippen LogP contribution in [-0.2, 0) is 14.2 Å². The molecular formula is C20H38N4O3. The number of ether oxygens (including phenoxy) is 3. The molecule has 156 valence electrons. The molecule has 3 aliphatic rings. The van der Waals surface area contributed by atoms with Gasteiger partial charge in [0.05, 0.1) is 12.7 Å². The van der Waals surface area contributed by atoms with E-state index in [2.05, 4.69) is 20.5 Å². The number of guanidine groups is 1. The number of rotatable bonds is 9. The van der Waals surface area contributed by atoms with Gasteiger partial charge in [0.15, 0.2) is 5.96 Å². The van der Waals surface area contributed by atoms with Gasteiger partial charge in [0, 0.05) is 52.1 Å². The summed E-state index contributed by atoms with van der Waals surface area (Å²) in [6.07, 6.45) is 8.44. The van der Waals surface area contributed by atoms with E-state index < -0.39 is 0 Å². The Morgan fingerprint density at radius 3 is 2.67 bits per heavy atom. The minimum absolute atomic E-state index is 0.219. The summed E-state index contributed by atoms with van der Waals surface area (Å²) in [6.45, 7) is 8.36. The van der Waals surface area contributed by atoms with E-state index in [4.69, 9.17) is 14.2 Å². The fraction of sp³-hybridized carbons (Fsp3) is 0.950. The SMILES string of the molecule is CN=C(NCCCOCC1CCCO1)NCC1(N2CCCC2)CCOCC1. The van der Waals surface area contributed by atoms with E-state index in [0.29, 0.717) is 6.10 Å². The number of hydrogen-bond donors (Lipinski definition) is 2. The van der Waals surface area contributed by atoms with Gasteiger partial charge in [0.2, 0.25) is 0 Å². The molecule has 2 N–H and O–H groups in total. The van der Waals surface area contributed by atoms with Gasteiger partial charge in [-0.25, -0.2) is 0 Å². The van der Waals surface area contributed by atoms with Crippen LogP contribution in [0.1, 0.15) is 44.9 Å². The minimum atomic E-state index is 0.219. The van der Waals surface area contributed by atoms with Crippen LogP contribution in [0.25, 0.3) is 0 Å². The van der Waals surface area contributed by atoms with Crippen LogP contribution in [0.2, 0.25) is 0 Å². The van der Waals surface area contributed by atoms with Crippen molar-refractivity contribution in [3.05, 3.63) is 0 Å². The van der Waals surface area contributed by atoms with Gasteiger partial charge in [0.25, 0.3) is 0 Å². The fourth-order valence-corrected chi connectivity index (χ4v) is 4.39. The predicted molar refractivity (Wildman–Crippen MR) is 107 cm³/mol. The summed E-state index contributed by atoms with van der Waals surface area (Å²) in [7, 11) is 1.84. The van der Waals surface area contributed by atoms with Gasteiger partial charge >= 0.3 is 0 Å². The van der Waals surface area contributed by atoms with E-state index in [9.17, 15) is 0 Å². The lowest BCUT2D eigenvalue weighted by atomic mass is 9.88. The molecule has 0 bridgehead atoms. The Labute approximate surface area is 164 Å². The van der Waals surface area contributed by atoms with Gasteiger partial charge in [-0.15, -0.1) is 0 Å². The van der Waals surface area contributed by atoms with Crippen molar-refractivity contribution >= 4 is 5.96 Å². The molecule has 7 nitrogen and oxygen atoms in total. The smallest absolute Gasteiger partial charge is 0.191 e. The average Bonchev–Trinajstić information content (AvgIpc) is 3.42. The second-order valence-corrected chi connectivity index (χ2v) is 7.95. The molecule has 7 heteroatoms. The van der Waals surface area contributed by atoms with Gasteiger partial charge < -0.3 is 24.8 Å². The first-order valence-corrected chi connectivity index (χ1v) is 10.8. The summed E-state index contributed by atoms with van der Waals surface area (Å²) in [5.41, 5.74) is 0.219. The zero-order valence-corrected chi connectivity index (χ0v) is 17.0. The Bertz CT molecular complexity index is 443. The molecule has 0 amide bonds. The highest BCUT2D eigenvalue weighted by Gasteiger charge is 2.39. The molecule has 0 aromatic heterocycles. The van der Waals surface area contributed by atoms with Crippen molar-refractivity contribution in [3.63, 3.8) is 0 Å². The zero-order chi connectivity index (χ0) is 18.8. The normalized spacial score (nSPS) is 26.4. The van der Waals surface area contributed by atoms with Crippen molar-refractivity contribution in [1.82, 2.24) is 15.5 Å². The lowest BCUT2D eigenvalue weighted by Crippen LogP contribution is -2.58. The first-order chi connectivity index (χ1) is 13.3. The van der Waals surface area contributed by atoms with E-state index >= 15 is 0 Å². The van der Waals surface area contributed by atoms with E-state index in [1.54, 1.807) is 0 Å². The Morgan fingerprint density at radius 2 is 1.96 bits per heavy atom. The molecule has 3 rings (SSSR count). The maximum absolute atomic E-state index is 5.73. The van der Waals surface area contributed by atoms with Crippen LogP contribution < -0.4 is 10.6 Å². The quantitative estimate of drug-likeness (QED) is 0.357. The van der Waals surface area contributed by atoms with Crippen molar-refractivity contribution in [2.24, 2.45) is 4.99 Å². The molecule has 0 aromatic carbocycles. The Morgan fingerprint density at radius 1 is 1.15 bits per heavy atom. The largest absolute Gasteiger partial charge is 0.381 e. The summed E-state index contributed by atoms with van der Waals surface area (Å²) in [5.74, 6) is 0.888. The molecule has 0 radical (unpaired) electrons. The van der Waals surface area contributed by atoms with Crippen LogP contribution in [0.3, 0.4) is 0 Å². The monoisotopic (exact) mass is 382 g/mol. The summed E-state index contributed by atoms with van der Waals surface area (Å²) < 4.78 is 16.9. The molecule has 1 unspecified atom stereocenters. The van der Waals surface area contributed by atoms with Crippen molar-refractivity contribution in [2.75, 3.05) is 66.3 Å². The average molecular weight is 383 g/mol. The Balaban J connectivity index is 1.33. The van der Waals surface area contributed by atoms with Crippen LogP contribution in [0, 0.1) is 0 Å². The predicted octanol–water partition coefficient (Wildman–Crippen LogP) is 1.38. The lowest BCUT2D eigenvalue weighted by molar-refractivity contribution is -0.0164. The van der Waals surface area contributed by atoms with Crippen molar-refractivity contribution < 1.29 is 14.2 Å². The summed E-state index contributed by atoms with van der Waals surface area (Å²) in [6, 6.07) is 0. The molecule has 0 aliphatic carbocycles. The van der Waals surface area contributed by atoms with Crippen molar-refractivity contribution in [1.29, 1.82) is 0 Å². The summed E-state index contributed by atoms with van der Waals surface area (Å²) in [5, 5.41) is 7.00. The lowest BCUT2D eigenvalue weighted by Gasteiger charge is -2.45. The van der Waals surface area contributed by atoms with E-state index in [0.717, 1.165) is 77.8 Å². The van der Waals surface area contributed by atoms with Gasteiger partial charge in [-0.3, -0.25) is 9.89 Å².